The van der Waals surface area contributed by atoms with Crippen LogP contribution in [0, 0.1) is 5.41 Å². The molecule has 8 heteroatoms. The molecule has 1 N–H and O–H groups in total. The van der Waals surface area contributed by atoms with E-state index in [1.54, 1.807) is 19.1 Å². The Kier molecular flexibility index (Phi) is 6.74. The average molecular weight is 536 g/mol. The van der Waals surface area contributed by atoms with Crippen molar-refractivity contribution in [1.82, 2.24) is 5.32 Å². The van der Waals surface area contributed by atoms with E-state index in [9.17, 15) is 22.8 Å². The average Bonchev–Trinajstić information content (AvgIpc) is 3.36. The number of halogens is 3. The second-order valence-electron chi connectivity index (χ2n) is 10.8. The van der Waals surface area contributed by atoms with Gasteiger partial charge in [0, 0.05) is 29.0 Å². The first-order valence-electron chi connectivity index (χ1n) is 12.7. The summed E-state index contributed by atoms with van der Waals surface area (Å²) in [5.74, 6) is -1.08. The highest BCUT2D eigenvalue weighted by Gasteiger charge is 2.44. The molecule has 0 amide bonds. The molecule has 0 spiro atoms. The zero-order valence-corrected chi connectivity index (χ0v) is 21.8. The van der Waals surface area contributed by atoms with Crippen LogP contribution in [0.2, 0.25) is 0 Å². The van der Waals surface area contributed by atoms with Crippen molar-refractivity contribution >= 4 is 11.8 Å². The fourth-order valence-corrected chi connectivity index (χ4v) is 5.30. The molecule has 3 aromatic rings. The van der Waals surface area contributed by atoms with E-state index in [0.717, 1.165) is 23.4 Å². The second kappa shape index (κ2) is 9.91. The van der Waals surface area contributed by atoms with Gasteiger partial charge in [0.15, 0.2) is 5.78 Å². The first-order chi connectivity index (χ1) is 18.4. The molecule has 5 nitrogen and oxygen atoms in total. The van der Waals surface area contributed by atoms with Crippen molar-refractivity contribution in [3.8, 4) is 11.3 Å². The van der Waals surface area contributed by atoms with Gasteiger partial charge in [-0.2, -0.15) is 13.2 Å². The van der Waals surface area contributed by atoms with Gasteiger partial charge >= 0.3 is 12.1 Å². The Hall–Kier alpha value is -4.07. The Morgan fingerprint density at radius 1 is 1.05 bits per heavy atom. The van der Waals surface area contributed by atoms with Crippen LogP contribution in [0.4, 0.5) is 13.2 Å². The minimum Gasteiger partial charge on any atom is -0.460 e. The molecule has 39 heavy (non-hydrogen) atoms. The number of esters is 1. The maximum atomic E-state index is 13.5. The molecule has 2 aromatic carbocycles. The number of ketones is 1. The minimum absolute atomic E-state index is 0.0453. The molecule has 1 unspecified atom stereocenters. The SMILES string of the molecule is CC1=C(C(=O)OCc2ccccc2)C(c2ccc(-c3cccc(C(F)(F)F)c3)o2)C2=C(CC(C)(C)CC2=O)N1. The molecule has 0 saturated carbocycles. The Balaban J connectivity index is 1.55. The first kappa shape index (κ1) is 26.5. The first-order valence-corrected chi connectivity index (χ1v) is 12.7. The van der Waals surface area contributed by atoms with Crippen molar-refractivity contribution in [2.45, 2.75) is 52.3 Å². The third-order valence-corrected chi connectivity index (χ3v) is 7.06. The van der Waals surface area contributed by atoms with Gasteiger partial charge in [-0.1, -0.05) is 56.3 Å². The molecule has 5 rings (SSSR count). The largest absolute Gasteiger partial charge is 0.460 e. The quantitative estimate of drug-likeness (QED) is 0.347. The van der Waals surface area contributed by atoms with Gasteiger partial charge in [-0.15, -0.1) is 0 Å². The summed E-state index contributed by atoms with van der Waals surface area (Å²) in [6.07, 6.45) is -3.62. The Morgan fingerprint density at radius 2 is 1.79 bits per heavy atom. The number of benzene rings is 2. The fourth-order valence-electron chi connectivity index (χ4n) is 5.30. The number of allylic oxidation sites excluding steroid dienone is 3. The van der Waals surface area contributed by atoms with Gasteiger partial charge in [-0.3, -0.25) is 4.79 Å². The molecule has 1 aliphatic heterocycles. The van der Waals surface area contributed by atoms with Crippen LogP contribution in [0.25, 0.3) is 11.3 Å². The van der Waals surface area contributed by atoms with Crippen molar-refractivity contribution in [2.24, 2.45) is 5.41 Å². The Bertz CT molecular complexity index is 1500. The second-order valence-corrected chi connectivity index (χ2v) is 10.8. The number of dihydropyridines is 1. The summed E-state index contributed by atoms with van der Waals surface area (Å²) in [6.45, 7) is 5.81. The van der Waals surface area contributed by atoms with Crippen LogP contribution in [-0.2, 0) is 27.1 Å². The van der Waals surface area contributed by atoms with Crippen LogP contribution in [0.3, 0.4) is 0 Å². The van der Waals surface area contributed by atoms with E-state index in [2.05, 4.69) is 5.32 Å². The summed E-state index contributed by atoms with van der Waals surface area (Å²) < 4.78 is 51.7. The van der Waals surface area contributed by atoms with Crippen LogP contribution in [0.5, 0.6) is 0 Å². The zero-order chi connectivity index (χ0) is 27.9. The van der Waals surface area contributed by atoms with Gasteiger partial charge in [0.1, 0.15) is 18.1 Å². The summed E-state index contributed by atoms with van der Waals surface area (Å²) in [6, 6.07) is 17.2. The lowest BCUT2D eigenvalue weighted by Crippen LogP contribution is -2.38. The third-order valence-electron chi connectivity index (χ3n) is 7.06. The molecule has 0 saturated heterocycles. The molecule has 0 bridgehead atoms. The van der Waals surface area contributed by atoms with Crippen LogP contribution in [0.15, 0.2) is 93.7 Å². The fraction of sp³-hybridized carbons (Fsp3) is 0.290. The monoisotopic (exact) mass is 535 g/mol. The van der Waals surface area contributed by atoms with E-state index in [0.29, 0.717) is 17.7 Å². The summed E-state index contributed by atoms with van der Waals surface area (Å²) in [5, 5.41) is 3.27. The Morgan fingerprint density at radius 3 is 2.51 bits per heavy atom. The highest BCUT2D eigenvalue weighted by Crippen LogP contribution is 2.47. The highest BCUT2D eigenvalue weighted by atomic mass is 19.4. The molecule has 2 heterocycles. The van der Waals surface area contributed by atoms with Crippen LogP contribution >= 0.6 is 0 Å². The van der Waals surface area contributed by atoms with Crippen LogP contribution < -0.4 is 5.32 Å². The highest BCUT2D eigenvalue weighted by molar-refractivity contribution is 6.04. The molecule has 202 valence electrons. The molecule has 1 aliphatic carbocycles. The van der Waals surface area contributed by atoms with Crippen molar-refractivity contribution < 1.29 is 31.9 Å². The predicted octanol–water partition coefficient (Wildman–Crippen LogP) is 7.31. The lowest BCUT2D eigenvalue weighted by atomic mass is 9.69. The number of ether oxygens (including phenoxy) is 1. The van der Waals surface area contributed by atoms with E-state index in [-0.39, 0.29) is 46.9 Å². The number of Topliss-reactive ketones (excluding diaryl/α,β-unsaturated/α-hetero) is 1. The van der Waals surface area contributed by atoms with Gasteiger partial charge in [0.2, 0.25) is 0 Å². The molecule has 0 fully saturated rings. The number of furan rings is 1. The smallest absolute Gasteiger partial charge is 0.416 e. The summed E-state index contributed by atoms with van der Waals surface area (Å²) in [7, 11) is 0. The normalized spacial score (nSPS) is 19.0. The maximum Gasteiger partial charge on any atom is 0.416 e. The summed E-state index contributed by atoms with van der Waals surface area (Å²) in [4.78, 5) is 27.0. The van der Waals surface area contributed by atoms with Crippen molar-refractivity contribution in [3.05, 3.63) is 106 Å². The number of alkyl halides is 3. The number of nitrogens with one attached hydrogen (secondary N) is 1. The summed E-state index contributed by atoms with van der Waals surface area (Å²) >= 11 is 0. The predicted molar refractivity (Wildman–Crippen MR) is 139 cm³/mol. The van der Waals surface area contributed by atoms with E-state index in [1.807, 2.05) is 44.2 Å². The van der Waals surface area contributed by atoms with Crippen molar-refractivity contribution in [2.75, 3.05) is 0 Å². The van der Waals surface area contributed by atoms with E-state index in [4.69, 9.17) is 9.15 Å². The Labute approximate surface area is 224 Å². The number of rotatable bonds is 5. The zero-order valence-electron chi connectivity index (χ0n) is 21.8. The van der Waals surface area contributed by atoms with Gasteiger partial charge < -0.3 is 14.5 Å². The standard InChI is InChI=1S/C31H28F3NO4/c1-18-26(29(37)38-17-19-8-5-4-6-9-19)28(27-22(35-18)15-30(2,3)16-23(27)36)25-13-12-24(39-25)20-10-7-11-21(14-20)31(32,33)34/h4-14,28,35H,15-17H2,1-3H3. The number of hydrogen-bond acceptors (Lipinski definition) is 5. The van der Waals surface area contributed by atoms with Gasteiger partial charge in [0.05, 0.1) is 17.1 Å². The van der Waals surface area contributed by atoms with E-state index >= 15 is 0 Å². The number of hydrogen-bond donors (Lipinski definition) is 1. The minimum atomic E-state index is -4.50. The lowest BCUT2D eigenvalue weighted by molar-refractivity contribution is -0.141. The maximum absolute atomic E-state index is 13.5. The molecule has 1 atom stereocenters. The molecule has 1 aromatic heterocycles. The molecular weight excluding hydrogens is 507 g/mol. The van der Waals surface area contributed by atoms with Gasteiger partial charge in [0.25, 0.3) is 0 Å². The number of carbonyl (C=O) groups excluding carboxylic acids is 2. The van der Waals surface area contributed by atoms with Crippen LogP contribution in [0.1, 0.15) is 56.4 Å². The van der Waals surface area contributed by atoms with Gasteiger partial charge in [-0.25, -0.2) is 4.79 Å². The van der Waals surface area contributed by atoms with Crippen molar-refractivity contribution in [3.63, 3.8) is 0 Å². The molecular formula is C31H28F3NO4. The summed E-state index contributed by atoms with van der Waals surface area (Å²) in [5.41, 5.74) is 1.91. The van der Waals surface area contributed by atoms with Gasteiger partial charge in [-0.05, 0) is 48.6 Å². The van der Waals surface area contributed by atoms with E-state index in [1.165, 1.54) is 12.1 Å². The third kappa shape index (κ3) is 5.41. The van der Waals surface area contributed by atoms with E-state index < -0.39 is 23.6 Å². The van der Waals surface area contributed by atoms with Crippen molar-refractivity contribution in [1.29, 1.82) is 0 Å². The molecule has 2 aliphatic rings. The molecule has 0 radical (unpaired) electrons. The number of carbonyl (C=O) groups is 2. The topological polar surface area (TPSA) is 68.5 Å². The van der Waals surface area contributed by atoms with Crippen LogP contribution in [-0.4, -0.2) is 11.8 Å². The lowest BCUT2D eigenvalue weighted by Gasteiger charge is -2.38.